The van der Waals surface area contributed by atoms with Crippen molar-refractivity contribution in [3.63, 3.8) is 0 Å². The number of nitrogens with zero attached hydrogens (tertiary/aromatic N) is 3. The molecule has 1 aliphatic heterocycles. The molecule has 0 N–H and O–H groups in total. The summed E-state index contributed by atoms with van der Waals surface area (Å²) in [4.78, 5) is 19.1. The van der Waals surface area contributed by atoms with Crippen molar-refractivity contribution in [1.82, 2.24) is 14.7 Å². The van der Waals surface area contributed by atoms with Gasteiger partial charge in [0, 0.05) is 38.3 Å². The summed E-state index contributed by atoms with van der Waals surface area (Å²) in [5.74, 6) is 0.558. The van der Waals surface area contributed by atoms with Gasteiger partial charge in [0.2, 0.25) is 0 Å². The fourth-order valence-corrected chi connectivity index (χ4v) is 3.78. The van der Waals surface area contributed by atoms with Gasteiger partial charge in [0.05, 0.1) is 6.26 Å². The molecule has 152 valence electrons. The quantitative estimate of drug-likeness (QED) is 0.697. The van der Waals surface area contributed by atoms with Crippen LogP contribution in [-0.2, 0) is 6.54 Å². The Morgan fingerprint density at radius 2 is 2.04 bits per heavy atom. The molecule has 2 heterocycles. The van der Waals surface area contributed by atoms with Gasteiger partial charge in [-0.15, -0.1) is 0 Å². The van der Waals surface area contributed by atoms with Crippen LogP contribution in [0.2, 0.25) is 0 Å². The minimum Gasteiger partial charge on any atom is -0.459 e. The molecule has 28 heavy (non-hydrogen) atoms. The molecule has 1 aliphatic rings. The standard InChI is InChI=1S/C22H30FN3O2/c1-24(2)12-13-26(22(27)21-10-6-14-28-21)16-18-7-5-11-25(15-18)17-19-8-3-4-9-20(19)23/h3-4,6,8-10,14,18H,5,7,11-13,15-17H2,1-2H3/t18-/m1/s1. The molecule has 1 fully saturated rings. The molecule has 0 spiro atoms. The Bertz CT molecular complexity index is 748. The molecule has 1 aromatic carbocycles. The number of piperidine rings is 1. The van der Waals surface area contributed by atoms with Crippen LogP contribution in [0.4, 0.5) is 4.39 Å². The molecule has 0 aliphatic carbocycles. The average Bonchev–Trinajstić information content (AvgIpc) is 3.21. The summed E-state index contributed by atoms with van der Waals surface area (Å²) < 4.78 is 19.3. The number of furan rings is 1. The maximum atomic E-state index is 14.0. The Morgan fingerprint density at radius 3 is 2.75 bits per heavy atom. The number of hydrogen-bond acceptors (Lipinski definition) is 4. The number of benzene rings is 1. The van der Waals surface area contributed by atoms with E-state index in [0.29, 0.717) is 31.3 Å². The third kappa shape index (κ3) is 5.66. The summed E-state index contributed by atoms with van der Waals surface area (Å²) in [6.07, 6.45) is 3.68. The third-order valence-corrected chi connectivity index (χ3v) is 5.27. The van der Waals surface area contributed by atoms with E-state index in [1.807, 2.05) is 31.1 Å². The highest BCUT2D eigenvalue weighted by Gasteiger charge is 2.26. The van der Waals surface area contributed by atoms with Crippen molar-refractivity contribution in [2.75, 3.05) is 46.8 Å². The predicted octanol–water partition coefficient (Wildman–Crippen LogP) is 3.33. The first-order valence-corrected chi connectivity index (χ1v) is 9.96. The zero-order chi connectivity index (χ0) is 19.9. The van der Waals surface area contributed by atoms with E-state index >= 15 is 0 Å². The van der Waals surface area contributed by atoms with Gasteiger partial charge < -0.3 is 14.2 Å². The Morgan fingerprint density at radius 1 is 1.21 bits per heavy atom. The molecule has 0 unspecified atom stereocenters. The molecule has 5 nitrogen and oxygen atoms in total. The zero-order valence-electron chi connectivity index (χ0n) is 16.8. The lowest BCUT2D eigenvalue weighted by Crippen LogP contribution is -2.44. The molecule has 1 atom stereocenters. The second kappa shape index (κ2) is 9.85. The minimum atomic E-state index is -0.148. The largest absolute Gasteiger partial charge is 0.459 e. The van der Waals surface area contributed by atoms with Crippen molar-refractivity contribution in [3.8, 4) is 0 Å². The smallest absolute Gasteiger partial charge is 0.289 e. The molecular weight excluding hydrogens is 357 g/mol. The van der Waals surface area contributed by atoms with Gasteiger partial charge in [-0.25, -0.2) is 4.39 Å². The highest BCUT2D eigenvalue weighted by Crippen LogP contribution is 2.21. The van der Waals surface area contributed by atoms with Crippen molar-refractivity contribution < 1.29 is 13.6 Å². The van der Waals surface area contributed by atoms with Crippen LogP contribution in [0.25, 0.3) is 0 Å². The van der Waals surface area contributed by atoms with E-state index in [1.54, 1.807) is 18.2 Å². The van der Waals surface area contributed by atoms with Crippen LogP contribution in [0.5, 0.6) is 0 Å². The number of likely N-dealkylation sites (N-methyl/N-ethyl adjacent to an activating group) is 1. The molecule has 3 rings (SSSR count). The van der Waals surface area contributed by atoms with E-state index in [9.17, 15) is 9.18 Å². The van der Waals surface area contributed by atoms with Crippen LogP contribution in [0.1, 0.15) is 29.0 Å². The summed E-state index contributed by atoms with van der Waals surface area (Å²) in [5.41, 5.74) is 0.735. The van der Waals surface area contributed by atoms with Crippen LogP contribution in [0.3, 0.4) is 0 Å². The highest BCUT2D eigenvalue weighted by atomic mass is 19.1. The van der Waals surface area contributed by atoms with E-state index < -0.39 is 0 Å². The molecule has 2 aromatic rings. The van der Waals surface area contributed by atoms with Crippen molar-refractivity contribution in [1.29, 1.82) is 0 Å². The normalized spacial score (nSPS) is 17.8. The first kappa shape index (κ1) is 20.6. The van der Waals surface area contributed by atoms with Gasteiger partial charge >= 0.3 is 0 Å². The highest BCUT2D eigenvalue weighted by molar-refractivity contribution is 5.91. The maximum absolute atomic E-state index is 14.0. The first-order chi connectivity index (χ1) is 13.5. The predicted molar refractivity (Wildman–Crippen MR) is 108 cm³/mol. The zero-order valence-corrected chi connectivity index (χ0v) is 16.8. The number of amides is 1. The van der Waals surface area contributed by atoms with Gasteiger partial charge in [0.1, 0.15) is 5.82 Å². The Hall–Kier alpha value is -2.18. The van der Waals surface area contributed by atoms with Crippen molar-refractivity contribution >= 4 is 5.91 Å². The SMILES string of the molecule is CN(C)CCN(C[C@@H]1CCCN(Cc2ccccc2F)C1)C(=O)c1ccco1. The first-order valence-electron chi connectivity index (χ1n) is 9.96. The number of carbonyl (C=O) groups is 1. The van der Waals surface area contributed by atoms with Crippen LogP contribution in [0.15, 0.2) is 47.1 Å². The fraction of sp³-hybridized carbons (Fsp3) is 0.500. The third-order valence-electron chi connectivity index (χ3n) is 5.27. The summed E-state index contributed by atoms with van der Waals surface area (Å²) >= 11 is 0. The van der Waals surface area contributed by atoms with Gasteiger partial charge in [-0.1, -0.05) is 18.2 Å². The van der Waals surface area contributed by atoms with Gasteiger partial charge in [0.15, 0.2) is 5.76 Å². The number of rotatable bonds is 8. The number of hydrogen-bond donors (Lipinski definition) is 0. The number of halogens is 1. The Kier molecular flexibility index (Phi) is 7.23. The van der Waals surface area contributed by atoms with E-state index in [0.717, 1.165) is 38.0 Å². The minimum absolute atomic E-state index is 0.0573. The summed E-state index contributed by atoms with van der Waals surface area (Å²) in [6.45, 7) is 4.62. The Balaban J connectivity index is 1.62. The lowest BCUT2D eigenvalue weighted by atomic mass is 9.96. The lowest BCUT2D eigenvalue weighted by molar-refractivity contribution is 0.0630. The fourth-order valence-electron chi connectivity index (χ4n) is 3.78. The molecule has 0 bridgehead atoms. The summed E-state index contributed by atoms with van der Waals surface area (Å²) in [6, 6.07) is 10.4. The molecular formula is C22H30FN3O2. The topological polar surface area (TPSA) is 39.9 Å². The van der Waals surface area contributed by atoms with Crippen LogP contribution < -0.4 is 0 Å². The van der Waals surface area contributed by atoms with Crippen molar-refractivity contribution in [3.05, 3.63) is 59.8 Å². The van der Waals surface area contributed by atoms with E-state index in [1.165, 1.54) is 12.3 Å². The molecule has 0 saturated carbocycles. The van der Waals surface area contributed by atoms with E-state index in [4.69, 9.17) is 4.42 Å². The van der Waals surface area contributed by atoms with Gasteiger partial charge in [-0.2, -0.15) is 0 Å². The average molecular weight is 387 g/mol. The van der Waals surface area contributed by atoms with Gasteiger partial charge in [-0.05, 0) is 57.6 Å². The van der Waals surface area contributed by atoms with Crippen LogP contribution in [-0.4, -0.2) is 67.4 Å². The van der Waals surface area contributed by atoms with Gasteiger partial charge in [0.25, 0.3) is 5.91 Å². The van der Waals surface area contributed by atoms with Gasteiger partial charge in [-0.3, -0.25) is 9.69 Å². The summed E-state index contributed by atoms with van der Waals surface area (Å²) in [7, 11) is 4.01. The van der Waals surface area contributed by atoms with Crippen LogP contribution in [0, 0.1) is 11.7 Å². The number of likely N-dealkylation sites (tertiary alicyclic amines) is 1. The molecule has 1 saturated heterocycles. The monoisotopic (exact) mass is 387 g/mol. The van der Waals surface area contributed by atoms with E-state index in [2.05, 4.69) is 9.80 Å². The summed E-state index contributed by atoms with van der Waals surface area (Å²) in [5, 5.41) is 0. The lowest BCUT2D eigenvalue weighted by Gasteiger charge is -2.36. The van der Waals surface area contributed by atoms with E-state index in [-0.39, 0.29) is 11.7 Å². The molecule has 0 radical (unpaired) electrons. The second-order valence-corrected chi connectivity index (χ2v) is 7.87. The Labute approximate surface area is 166 Å². The molecule has 6 heteroatoms. The second-order valence-electron chi connectivity index (χ2n) is 7.87. The van der Waals surface area contributed by atoms with Crippen molar-refractivity contribution in [2.24, 2.45) is 5.92 Å². The van der Waals surface area contributed by atoms with Crippen molar-refractivity contribution in [2.45, 2.75) is 19.4 Å². The maximum Gasteiger partial charge on any atom is 0.289 e. The molecule has 1 aromatic heterocycles. The molecule has 1 amide bonds. The number of carbonyl (C=O) groups excluding carboxylic acids is 1. The van der Waals surface area contributed by atoms with Crippen LogP contribution >= 0.6 is 0 Å².